The average molecular weight is 650 g/mol. The van der Waals surface area contributed by atoms with Crippen LogP contribution in [0.2, 0.25) is 0 Å². The molecule has 0 amide bonds. The number of pyridine rings is 3. The van der Waals surface area contributed by atoms with Gasteiger partial charge in [-0.15, -0.1) is 0 Å². The number of nitrogens with zero attached hydrogens (tertiary/aromatic N) is 3. The maximum absolute atomic E-state index is 5.12. The van der Waals surface area contributed by atoms with Gasteiger partial charge in [-0.2, -0.15) is 0 Å². The summed E-state index contributed by atoms with van der Waals surface area (Å²) < 4.78 is 0. The van der Waals surface area contributed by atoms with Crippen LogP contribution in [-0.2, 0) is 5.41 Å². The summed E-state index contributed by atoms with van der Waals surface area (Å²) in [4.78, 5) is 14.4. The number of aromatic nitrogens is 3. The molecule has 0 spiro atoms. The fourth-order valence-electron chi connectivity index (χ4n) is 8.14. The number of hydrogen-bond acceptors (Lipinski definition) is 3. The van der Waals surface area contributed by atoms with Crippen LogP contribution in [0.4, 0.5) is 0 Å². The fraction of sp³-hybridized carbons (Fsp3) is 0.0208. The first-order valence-corrected chi connectivity index (χ1v) is 17.3. The van der Waals surface area contributed by atoms with Gasteiger partial charge in [-0.1, -0.05) is 133 Å². The molecule has 0 N–H and O–H groups in total. The number of hydrogen-bond donors (Lipinski definition) is 0. The minimum absolute atomic E-state index is 0.489. The summed E-state index contributed by atoms with van der Waals surface area (Å²) in [5.74, 6) is 0. The predicted octanol–water partition coefficient (Wildman–Crippen LogP) is 11.5. The van der Waals surface area contributed by atoms with Crippen LogP contribution in [0.1, 0.15) is 22.3 Å². The van der Waals surface area contributed by atoms with E-state index in [0.717, 1.165) is 49.8 Å². The fourth-order valence-corrected chi connectivity index (χ4v) is 8.14. The zero-order valence-electron chi connectivity index (χ0n) is 27.7. The van der Waals surface area contributed by atoms with Crippen molar-refractivity contribution >= 4 is 21.8 Å². The van der Waals surface area contributed by atoms with E-state index >= 15 is 0 Å². The van der Waals surface area contributed by atoms with E-state index in [0.29, 0.717) is 0 Å². The SMILES string of the molecule is c1ccc(C2(c3cccnc3)c3ccccc3-c3ccc(-c4cccc(-c5cccc(-c6ccc7ccc8cccnc8c7n6)c5)c4)cc32)cc1. The summed E-state index contributed by atoms with van der Waals surface area (Å²) in [6, 6.07) is 61.1. The third kappa shape index (κ3) is 4.63. The second-order valence-electron chi connectivity index (χ2n) is 13.2. The molecule has 0 bridgehead atoms. The normalized spacial score (nSPS) is 14.7. The van der Waals surface area contributed by atoms with Gasteiger partial charge in [-0.3, -0.25) is 9.97 Å². The molecule has 6 aromatic carbocycles. The topological polar surface area (TPSA) is 38.7 Å². The Morgan fingerprint density at radius 3 is 1.84 bits per heavy atom. The zero-order chi connectivity index (χ0) is 33.8. The van der Waals surface area contributed by atoms with Crippen molar-refractivity contribution in [1.82, 2.24) is 15.0 Å². The molecule has 1 aliphatic rings. The predicted molar refractivity (Wildman–Crippen MR) is 208 cm³/mol. The van der Waals surface area contributed by atoms with Gasteiger partial charge >= 0.3 is 0 Å². The molecule has 238 valence electrons. The molecule has 3 nitrogen and oxygen atoms in total. The van der Waals surface area contributed by atoms with Crippen molar-refractivity contribution in [3.05, 3.63) is 211 Å². The van der Waals surface area contributed by atoms with Crippen LogP contribution < -0.4 is 0 Å². The standard InChI is InChI=1S/C48H31N3/c1-2-15-39(16-3-1)48(40-17-9-26-49-31-40)43-19-5-4-18-41(43)42-24-22-37(30-44(42)48)35-11-6-10-34(28-35)36-12-7-13-38(29-36)45-25-23-33-21-20-32-14-8-27-50-46(32)47(33)51-45/h1-31H. The molecular weight excluding hydrogens is 619 g/mol. The van der Waals surface area contributed by atoms with E-state index in [1.807, 2.05) is 24.7 Å². The van der Waals surface area contributed by atoms with E-state index < -0.39 is 5.41 Å². The first-order valence-electron chi connectivity index (χ1n) is 17.3. The Kier molecular flexibility index (Phi) is 6.71. The summed E-state index contributed by atoms with van der Waals surface area (Å²) in [6.45, 7) is 0. The molecule has 51 heavy (non-hydrogen) atoms. The van der Waals surface area contributed by atoms with E-state index in [9.17, 15) is 0 Å². The lowest BCUT2D eigenvalue weighted by Crippen LogP contribution is -2.28. The second kappa shape index (κ2) is 11.7. The second-order valence-corrected chi connectivity index (χ2v) is 13.2. The van der Waals surface area contributed by atoms with E-state index in [2.05, 4.69) is 174 Å². The molecule has 1 unspecified atom stereocenters. The first-order chi connectivity index (χ1) is 25.3. The number of benzene rings is 6. The lowest BCUT2D eigenvalue weighted by atomic mass is 9.68. The van der Waals surface area contributed by atoms with Crippen LogP contribution in [0, 0.1) is 0 Å². The van der Waals surface area contributed by atoms with Gasteiger partial charge in [0.2, 0.25) is 0 Å². The van der Waals surface area contributed by atoms with Crippen molar-refractivity contribution < 1.29 is 0 Å². The van der Waals surface area contributed by atoms with Gasteiger partial charge < -0.3 is 0 Å². The van der Waals surface area contributed by atoms with Crippen LogP contribution in [0.15, 0.2) is 188 Å². The third-order valence-electron chi connectivity index (χ3n) is 10.5. The monoisotopic (exact) mass is 649 g/mol. The quantitative estimate of drug-likeness (QED) is 0.174. The highest BCUT2D eigenvalue weighted by atomic mass is 14.8. The summed E-state index contributed by atoms with van der Waals surface area (Å²) in [5.41, 5.74) is 15.5. The molecule has 0 fully saturated rings. The molecule has 1 aliphatic carbocycles. The van der Waals surface area contributed by atoms with Gasteiger partial charge in [-0.05, 0) is 92.0 Å². The van der Waals surface area contributed by atoms with E-state index in [1.165, 1.54) is 38.9 Å². The van der Waals surface area contributed by atoms with E-state index in [-0.39, 0.29) is 0 Å². The molecule has 0 saturated heterocycles. The van der Waals surface area contributed by atoms with Crippen molar-refractivity contribution in [2.75, 3.05) is 0 Å². The highest BCUT2D eigenvalue weighted by Crippen LogP contribution is 2.56. The van der Waals surface area contributed by atoms with Crippen LogP contribution in [0.5, 0.6) is 0 Å². The van der Waals surface area contributed by atoms with Crippen LogP contribution in [0.25, 0.3) is 66.4 Å². The third-order valence-corrected chi connectivity index (χ3v) is 10.5. The van der Waals surface area contributed by atoms with Gasteiger partial charge in [0.25, 0.3) is 0 Å². The Labute approximate surface area is 296 Å². The minimum atomic E-state index is -0.489. The Balaban J connectivity index is 1.09. The maximum Gasteiger partial charge on any atom is 0.0972 e. The summed E-state index contributed by atoms with van der Waals surface area (Å²) in [6.07, 6.45) is 5.72. The van der Waals surface area contributed by atoms with Gasteiger partial charge in [0.1, 0.15) is 0 Å². The lowest BCUT2D eigenvalue weighted by Gasteiger charge is -2.33. The molecule has 9 aromatic rings. The molecule has 0 aliphatic heterocycles. The highest BCUT2D eigenvalue weighted by molar-refractivity contribution is 6.03. The average Bonchev–Trinajstić information content (AvgIpc) is 3.52. The first kappa shape index (κ1) is 29.2. The molecular formula is C48H31N3. The smallest absolute Gasteiger partial charge is 0.0972 e. The Bertz CT molecular complexity index is 2710. The van der Waals surface area contributed by atoms with Crippen molar-refractivity contribution in [1.29, 1.82) is 0 Å². The van der Waals surface area contributed by atoms with Crippen LogP contribution in [-0.4, -0.2) is 15.0 Å². The van der Waals surface area contributed by atoms with Gasteiger partial charge in [0.15, 0.2) is 0 Å². The Hall–Kier alpha value is -6.71. The zero-order valence-corrected chi connectivity index (χ0v) is 27.7. The minimum Gasteiger partial charge on any atom is -0.264 e. The summed E-state index contributed by atoms with van der Waals surface area (Å²) in [5, 5.41) is 2.18. The van der Waals surface area contributed by atoms with E-state index in [4.69, 9.17) is 4.98 Å². The molecule has 0 saturated carbocycles. The Morgan fingerprint density at radius 1 is 0.392 bits per heavy atom. The van der Waals surface area contributed by atoms with E-state index in [1.54, 1.807) is 0 Å². The van der Waals surface area contributed by atoms with Crippen LogP contribution in [0.3, 0.4) is 0 Å². The maximum atomic E-state index is 5.12. The lowest BCUT2D eigenvalue weighted by molar-refractivity contribution is 0.763. The molecule has 10 rings (SSSR count). The summed E-state index contributed by atoms with van der Waals surface area (Å²) >= 11 is 0. The number of rotatable bonds is 5. The van der Waals surface area contributed by atoms with Gasteiger partial charge in [0.05, 0.1) is 22.1 Å². The molecule has 3 heteroatoms. The molecule has 3 heterocycles. The van der Waals surface area contributed by atoms with Gasteiger partial charge in [-0.25, -0.2) is 4.98 Å². The molecule has 0 radical (unpaired) electrons. The van der Waals surface area contributed by atoms with Crippen molar-refractivity contribution in [3.63, 3.8) is 0 Å². The van der Waals surface area contributed by atoms with Crippen molar-refractivity contribution in [2.24, 2.45) is 0 Å². The van der Waals surface area contributed by atoms with Crippen molar-refractivity contribution in [2.45, 2.75) is 5.41 Å². The Morgan fingerprint density at radius 2 is 1.04 bits per heavy atom. The molecule has 1 atom stereocenters. The van der Waals surface area contributed by atoms with Crippen LogP contribution >= 0.6 is 0 Å². The van der Waals surface area contributed by atoms with Crippen molar-refractivity contribution in [3.8, 4) is 44.6 Å². The number of fused-ring (bicyclic) bond motifs is 6. The van der Waals surface area contributed by atoms with Gasteiger partial charge in [0, 0.05) is 34.9 Å². The molecule has 3 aromatic heterocycles. The highest BCUT2D eigenvalue weighted by Gasteiger charge is 2.46. The largest absolute Gasteiger partial charge is 0.264 e. The summed E-state index contributed by atoms with van der Waals surface area (Å²) in [7, 11) is 0.